The Kier molecular flexibility index (Phi) is 5.36. The van der Waals surface area contributed by atoms with E-state index < -0.39 is 10.0 Å². The summed E-state index contributed by atoms with van der Waals surface area (Å²) in [5.74, 6) is 0.464. The van der Waals surface area contributed by atoms with Crippen molar-refractivity contribution >= 4 is 54.6 Å². The lowest BCUT2D eigenvalue weighted by Crippen LogP contribution is -2.41. The van der Waals surface area contributed by atoms with Crippen LogP contribution in [0.3, 0.4) is 0 Å². The summed E-state index contributed by atoms with van der Waals surface area (Å²) in [6, 6.07) is 14.7. The van der Waals surface area contributed by atoms with Crippen molar-refractivity contribution < 1.29 is 13.2 Å². The number of hydrogen-bond donors (Lipinski definition) is 0. The molecule has 0 amide bonds. The molecule has 0 bridgehead atoms. The number of para-hydroxylation sites is 1. The summed E-state index contributed by atoms with van der Waals surface area (Å²) in [5, 5.41) is 1.87. The molecule has 0 spiro atoms. The summed E-state index contributed by atoms with van der Waals surface area (Å²) in [7, 11) is -3.49. The van der Waals surface area contributed by atoms with Gasteiger partial charge in [0.05, 0.1) is 10.0 Å². The number of sulfonamides is 1. The number of thiophene rings is 1. The smallest absolute Gasteiger partial charge is 0.252 e. The topological polar surface area (TPSA) is 46.6 Å². The Labute approximate surface area is 172 Å². The lowest BCUT2D eigenvalue weighted by atomic mass is 10.1. The van der Waals surface area contributed by atoms with E-state index in [0.717, 1.165) is 10.1 Å². The highest BCUT2D eigenvalue weighted by Gasteiger charge is 2.31. The van der Waals surface area contributed by atoms with Crippen LogP contribution in [0.25, 0.3) is 10.1 Å². The third-order valence-corrected chi connectivity index (χ3v) is 8.66. The number of benzene rings is 2. The molecule has 1 aliphatic heterocycles. The second-order valence-corrected chi connectivity index (χ2v) is 10.4. The van der Waals surface area contributed by atoms with Gasteiger partial charge in [0, 0.05) is 17.8 Å². The van der Waals surface area contributed by atoms with Crippen LogP contribution in [0.1, 0.15) is 12.8 Å². The van der Waals surface area contributed by atoms with Gasteiger partial charge in [-0.25, -0.2) is 8.42 Å². The Bertz CT molecular complexity index is 1020. The lowest BCUT2D eigenvalue weighted by molar-refractivity contribution is 0.135. The van der Waals surface area contributed by atoms with Gasteiger partial charge in [-0.15, -0.1) is 11.3 Å². The maximum atomic E-state index is 13.0. The van der Waals surface area contributed by atoms with E-state index in [4.69, 9.17) is 27.9 Å². The highest BCUT2D eigenvalue weighted by molar-refractivity contribution is 7.91. The van der Waals surface area contributed by atoms with Gasteiger partial charge in [0.2, 0.25) is 0 Å². The van der Waals surface area contributed by atoms with Crippen LogP contribution in [-0.2, 0) is 10.0 Å². The molecule has 0 saturated carbocycles. The van der Waals surface area contributed by atoms with Gasteiger partial charge in [0.15, 0.2) is 5.75 Å². The molecule has 2 heterocycles. The van der Waals surface area contributed by atoms with Crippen LogP contribution in [0.5, 0.6) is 5.75 Å². The predicted molar refractivity (Wildman–Crippen MR) is 111 cm³/mol. The minimum Gasteiger partial charge on any atom is -0.487 e. The van der Waals surface area contributed by atoms with E-state index >= 15 is 0 Å². The lowest BCUT2D eigenvalue weighted by Gasteiger charge is -2.31. The van der Waals surface area contributed by atoms with Crippen molar-refractivity contribution in [1.29, 1.82) is 0 Å². The van der Waals surface area contributed by atoms with Gasteiger partial charge in [0.25, 0.3) is 10.0 Å². The standard InChI is InChI=1S/C19H17Cl2NO3S2/c20-15-5-3-6-16(21)19(15)25-14-8-10-22(11-9-14)27(23,24)18-12-13-4-1-2-7-17(13)26-18/h1-7,12,14H,8-11H2. The van der Waals surface area contributed by atoms with Crippen LogP contribution in [0.15, 0.2) is 52.7 Å². The highest BCUT2D eigenvalue weighted by Crippen LogP contribution is 2.36. The van der Waals surface area contributed by atoms with E-state index in [2.05, 4.69) is 0 Å². The highest BCUT2D eigenvalue weighted by atomic mass is 35.5. The summed E-state index contributed by atoms with van der Waals surface area (Å²) in [6.07, 6.45) is 1.06. The van der Waals surface area contributed by atoms with Crippen LogP contribution in [-0.4, -0.2) is 31.9 Å². The van der Waals surface area contributed by atoms with Gasteiger partial charge in [-0.05, 0) is 42.5 Å². The fourth-order valence-corrected chi connectivity index (χ4v) is 6.67. The van der Waals surface area contributed by atoms with Crippen molar-refractivity contribution in [1.82, 2.24) is 4.31 Å². The van der Waals surface area contributed by atoms with Crippen LogP contribution >= 0.6 is 34.5 Å². The van der Waals surface area contributed by atoms with Crippen molar-refractivity contribution in [3.8, 4) is 5.75 Å². The first-order chi connectivity index (χ1) is 12.9. The number of halogens is 2. The average Bonchev–Trinajstić information content (AvgIpc) is 3.10. The Morgan fingerprint density at radius 2 is 1.67 bits per heavy atom. The zero-order valence-corrected chi connectivity index (χ0v) is 17.4. The van der Waals surface area contributed by atoms with Crippen molar-refractivity contribution in [3.05, 3.63) is 58.6 Å². The van der Waals surface area contributed by atoms with E-state index in [1.165, 1.54) is 15.6 Å². The molecule has 2 aromatic carbocycles. The summed E-state index contributed by atoms with van der Waals surface area (Å²) < 4.78 is 34.8. The number of fused-ring (bicyclic) bond motifs is 1. The number of rotatable bonds is 4. The Morgan fingerprint density at radius 1 is 1.00 bits per heavy atom. The van der Waals surface area contributed by atoms with Crippen molar-refractivity contribution in [2.75, 3.05) is 13.1 Å². The molecule has 0 N–H and O–H groups in total. The van der Waals surface area contributed by atoms with E-state index in [0.29, 0.717) is 45.9 Å². The Balaban J connectivity index is 1.47. The first-order valence-electron chi connectivity index (χ1n) is 8.54. The minimum atomic E-state index is -3.49. The van der Waals surface area contributed by atoms with E-state index in [9.17, 15) is 8.42 Å². The quantitative estimate of drug-likeness (QED) is 0.541. The zero-order chi connectivity index (χ0) is 19.0. The molecule has 8 heteroatoms. The molecular formula is C19H17Cl2NO3S2. The van der Waals surface area contributed by atoms with Crippen molar-refractivity contribution in [2.45, 2.75) is 23.2 Å². The minimum absolute atomic E-state index is 0.115. The SMILES string of the molecule is O=S(=O)(c1cc2ccccc2s1)N1CCC(Oc2c(Cl)cccc2Cl)CC1. The molecule has 0 radical (unpaired) electrons. The molecule has 0 aliphatic carbocycles. The summed E-state index contributed by atoms with van der Waals surface area (Å²) in [5.41, 5.74) is 0. The second kappa shape index (κ2) is 7.60. The van der Waals surface area contributed by atoms with Crippen LogP contribution in [0, 0.1) is 0 Å². The largest absolute Gasteiger partial charge is 0.487 e. The fraction of sp³-hybridized carbons (Fsp3) is 0.263. The van der Waals surface area contributed by atoms with E-state index in [1.54, 1.807) is 24.3 Å². The average molecular weight is 442 g/mol. The molecule has 27 heavy (non-hydrogen) atoms. The molecule has 4 nitrogen and oxygen atoms in total. The van der Waals surface area contributed by atoms with E-state index in [-0.39, 0.29) is 6.10 Å². The summed E-state index contributed by atoms with van der Waals surface area (Å²) in [4.78, 5) is 0. The predicted octanol–water partition coefficient (Wildman–Crippen LogP) is 5.44. The number of ether oxygens (including phenoxy) is 1. The second-order valence-electron chi connectivity index (χ2n) is 6.38. The third-order valence-electron chi connectivity index (χ3n) is 4.60. The third kappa shape index (κ3) is 3.82. The Hall–Kier alpha value is -1.31. The summed E-state index contributed by atoms with van der Waals surface area (Å²) >= 11 is 13.6. The molecule has 142 valence electrons. The normalized spacial score (nSPS) is 16.7. The molecule has 0 atom stereocenters. The first-order valence-corrected chi connectivity index (χ1v) is 11.6. The van der Waals surface area contributed by atoms with Gasteiger partial charge in [-0.1, -0.05) is 47.5 Å². The molecule has 1 aliphatic rings. The molecule has 1 fully saturated rings. The van der Waals surface area contributed by atoms with Gasteiger partial charge >= 0.3 is 0 Å². The fourth-order valence-electron chi connectivity index (χ4n) is 3.16. The maximum absolute atomic E-state index is 13.0. The summed E-state index contributed by atoms with van der Waals surface area (Å²) in [6.45, 7) is 0.812. The van der Waals surface area contributed by atoms with Crippen molar-refractivity contribution in [2.24, 2.45) is 0 Å². The zero-order valence-electron chi connectivity index (χ0n) is 14.3. The monoisotopic (exact) mass is 441 g/mol. The number of nitrogens with zero attached hydrogens (tertiary/aromatic N) is 1. The van der Waals surface area contributed by atoms with Gasteiger partial charge in [-0.3, -0.25) is 0 Å². The molecular weight excluding hydrogens is 425 g/mol. The van der Waals surface area contributed by atoms with Crippen molar-refractivity contribution in [3.63, 3.8) is 0 Å². The Morgan fingerprint density at radius 3 is 2.33 bits per heavy atom. The maximum Gasteiger partial charge on any atom is 0.252 e. The van der Waals surface area contributed by atoms with Gasteiger partial charge < -0.3 is 4.74 Å². The molecule has 1 saturated heterocycles. The molecule has 1 aromatic heterocycles. The van der Waals surface area contributed by atoms with E-state index in [1.807, 2.05) is 24.3 Å². The van der Waals surface area contributed by atoms with Gasteiger partial charge in [0.1, 0.15) is 10.3 Å². The van der Waals surface area contributed by atoms with Gasteiger partial charge in [-0.2, -0.15) is 4.31 Å². The number of piperidine rings is 1. The van der Waals surface area contributed by atoms with Crippen LogP contribution < -0.4 is 4.74 Å². The van der Waals surface area contributed by atoms with Crippen LogP contribution in [0.2, 0.25) is 10.0 Å². The molecule has 4 rings (SSSR count). The van der Waals surface area contributed by atoms with Crippen LogP contribution in [0.4, 0.5) is 0 Å². The molecule has 0 unspecified atom stereocenters. The first kappa shape index (κ1) is 19.0. The number of hydrogen-bond acceptors (Lipinski definition) is 4. The molecule has 3 aromatic rings.